The van der Waals surface area contributed by atoms with Gasteiger partial charge in [0.05, 0.1) is 16.8 Å². The molecule has 4 rings (SSSR count). The summed E-state index contributed by atoms with van der Waals surface area (Å²) in [5.41, 5.74) is 1.20. The SMILES string of the molecule is CCOc1cc(/C=C2\C(=O)NC(=O)N(c3ccc(F)cc3)C2=O)cc(Br)c1OCc1ccc(Cl)cc1. The second-order valence-electron chi connectivity index (χ2n) is 7.61. The number of nitrogens with one attached hydrogen (secondary N) is 1. The number of hydrogen-bond donors (Lipinski definition) is 1. The quantitative estimate of drug-likeness (QED) is 0.282. The van der Waals surface area contributed by atoms with Crippen LogP contribution in [0.1, 0.15) is 18.1 Å². The maximum absolute atomic E-state index is 13.3. The second kappa shape index (κ2) is 10.9. The number of hydrogen-bond acceptors (Lipinski definition) is 5. The minimum absolute atomic E-state index is 0.124. The van der Waals surface area contributed by atoms with Crippen LogP contribution in [0.25, 0.3) is 6.08 Å². The number of urea groups is 1. The Balaban J connectivity index is 1.65. The Labute approximate surface area is 219 Å². The number of benzene rings is 3. The van der Waals surface area contributed by atoms with Gasteiger partial charge in [0.15, 0.2) is 11.5 Å². The van der Waals surface area contributed by atoms with Gasteiger partial charge in [-0.25, -0.2) is 14.1 Å². The normalized spacial score (nSPS) is 14.7. The average molecular weight is 574 g/mol. The Morgan fingerprint density at radius 3 is 2.39 bits per heavy atom. The summed E-state index contributed by atoms with van der Waals surface area (Å²) >= 11 is 9.41. The summed E-state index contributed by atoms with van der Waals surface area (Å²) in [5, 5.41) is 2.76. The molecule has 10 heteroatoms. The number of imide groups is 2. The number of carbonyl (C=O) groups is 3. The molecular weight excluding hydrogens is 555 g/mol. The van der Waals surface area contributed by atoms with Gasteiger partial charge in [-0.1, -0.05) is 23.7 Å². The summed E-state index contributed by atoms with van der Waals surface area (Å²) in [5.74, 6) is -1.38. The highest BCUT2D eigenvalue weighted by Gasteiger charge is 2.36. The molecule has 0 aliphatic carbocycles. The Kier molecular flexibility index (Phi) is 7.71. The predicted octanol–water partition coefficient (Wildman–Crippen LogP) is 5.89. The van der Waals surface area contributed by atoms with Crippen molar-refractivity contribution in [1.82, 2.24) is 5.32 Å². The van der Waals surface area contributed by atoms with Gasteiger partial charge in [-0.05, 0) is 88.6 Å². The van der Waals surface area contributed by atoms with E-state index in [9.17, 15) is 18.8 Å². The molecule has 0 aromatic heterocycles. The Morgan fingerprint density at radius 2 is 1.72 bits per heavy atom. The molecule has 1 N–H and O–H groups in total. The lowest BCUT2D eigenvalue weighted by molar-refractivity contribution is -0.122. The van der Waals surface area contributed by atoms with Gasteiger partial charge in [-0.2, -0.15) is 0 Å². The van der Waals surface area contributed by atoms with Crippen LogP contribution in [0.2, 0.25) is 5.02 Å². The van der Waals surface area contributed by atoms with Crippen molar-refractivity contribution in [3.05, 3.63) is 92.7 Å². The van der Waals surface area contributed by atoms with E-state index < -0.39 is 23.7 Å². The molecule has 0 radical (unpaired) electrons. The van der Waals surface area contributed by atoms with E-state index >= 15 is 0 Å². The fraction of sp³-hybridized carbons (Fsp3) is 0.115. The Hall–Kier alpha value is -3.69. The van der Waals surface area contributed by atoms with Crippen molar-refractivity contribution in [2.24, 2.45) is 0 Å². The molecule has 36 heavy (non-hydrogen) atoms. The zero-order chi connectivity index (χ0) is 25.8. The van der Waals surface area contributed by atoms with Crippen LogP contribution in [-0.4, -0.2) is 24.5 Å². The molecule has 1 fully saturated rings. The van der Waals surface area contributed by atoms with Crippen molar-refractivity contribution in [3.63, 3.8) is 0 Å². The Bertz CT molecular complexity index is 1360. The first-order chi connectivity index (χ1) is 17.3. The first-order valence-electron chi connectivity index (χ1n) is 10.8. The molecule has 0 atom stereocenters. The zero-order valence-electron chi connectivity index (χ0n) is 18.9. The van der Waals surface area contributed by atoms with Crippen LogP contribution in [0.3, 0.4) is 0 Å². The minimum atomic E-state index is -0.920. The molecule has 1 aliphatic heterocycles. The fourth-order valence-electron chi connectivity index (χ4n) is 3.46. The smallest absolute Gasteiger partial charge is 0.335 e. The molecule has 0 unspecified atom stereocenters. The molecule has 1 saturated heterocycles. The van der Waals surface area contributed by atoms with Gasteiger partial charge in [0.25, 0.3) is 11.8 Å². The third kappa shape index (κ3) is 5.58. The van der Waals surface area contributed by atoms with Crippen molar-refractivity contribution in [2.45, 2.75) is 13.5 Å². The van der Waals surface area contributed by atoms with Gasteiger partial charge in [0.1, 0.15) is 18.0 Å². The van der Waals surface area contributed by atoms with Crippen molar-refractivity contribution < 1.29 is 28.2 Å². The van der Waals surface area contributed by atoms with E-state index in [1.807, 2.05) is 19.1 Å². The molecule has 0 spiro atoms. The van der Waals surface area contributed by atoms with Crippen LogP contribution in [0.15, 0.2) is 70.7 Å². The van der Waals surface area contributed by atoms with E-state index in [1.54, 1.807) is 24.3 Å². The van der Waals surface area contributed by atoms with Gasteiger partial charge in [-0.15, -0.1) is 0 Å². The van der Waals surface area contributed by atoms with Gasteiger partial charge in [-0.3, -0.25) is 14.9 Å². The number of anilines is 1. The first kappa shape index (κ1) is 25.4. The van der Waals surface area contributed by atoms with Crippen LogP contribution in [-0.2, 0) is 16.2 Å². The van der Waals surface area contributed by atoms with E-state index in [4.69, 9.17) is 21.1 Å². The highest BCUT2D eigenvalue weighted by atomic mass is 79.9. The molecule has 1 heterocycles. The molecule has 0 bridgehead atoms. The van der Waals surface area contributed by atoms with Gasteiger partial charge >= 0.3 is 6.03 Å². The van der Waals surface area contributed by atoms with Crippen LogP contribution >= 0.6 is 27.5 Å². The summed E-state index contributed by atoms with van der Waals surface area (Å²) in [6, 6.07) is 14.4. The van der Waals surface area contributed by atoms with E-state index in [2.05, 4.69) is 21.2 Å². The van der Waals surface area contributed by atoms with Crippen LogP contribution in [0.4, 0.5) is 14.9 Å². The summed E-state index contributed by atoms with van der Waals surface area (Å²) in [7, 11) is 0. The molecule has 1 aliphatic rings. The monoisotopic (exact) mass is 572 g/mol. The summed E-state index contributed by atoms with van der Waals surface area (Å²) in [6.07, 6.45) is 1.34. The number of rotatable bonds is 7. The molecule has 3 aromatic carbocycles. The molecule has 3 aromatic rings. The lowest BCUT2D eigenvalue weighted by atomic mass is 10.1. The van der Waals surface area contributed by atoms with Crippen LogP contribution in [0.5, 0.6) is 11.5 Å². The molecule has 0 saturated carbocycles. The highest BCUT2D eigenvalue weighted by Crippen LogP contribution is 2.38. The summed E-state index contributed by atoms with van der Waals surface area (Å²) in [4.78, 5) is 38.7. The number of amides is 4. The zero-order valence-corrected chi connectivity index (χ0v) is 21.2. The minimum Gasteiger partial charge on any atom is -0.490 e. The van der Waals surface area contributed by atoms with Gasteiger partial charge in [0.2, 0.25) is 0 Å². The van der Waals surface area contributed by atoms with Gasteiger partial charge < -0.3 is 9.47 Å². The van der Waals surface area contributed by atoms with Crippen LogP contribution in [0, 0.1) is 5.82 Å². The number of ether oxygens (including phenoxy) is 2. The van der Waals surface area contributed by atoms with Crippen molar-refractivity contribution in [2.75, 3.05) is 11.5 Å². The number of barbiturate groups is 1. The van der Waals surface area contributed by atoms with Gasteiger partial charge in [0, 0.05) is 5.02 Å². The van der Waals surface area contributed by atoms with E-state index in [-0.39, 0.29) is 17.9 Å². The molecular formula is C26H19BrClFN2O5. The highest BCUT2D eigenvalue weighted by molar-refractivity contribution is 9.10. The maximum atomic E-state index is 13.3. The van der Waals surface area contributed by atoms with Crippen molar-refractivity contribution in [3.8, 4) is 11.5 Å². The summed E-state index contributed by atoms with van der Waals surface area (Å²) < 4.78 is 25.5. The van der Waals surface area contributed by atoms with E-state index in [0.717, 1.165) is 22.6 Å². The van der Waals surface area contributed by atoms with E-state index in [1.165, 1.54) is 18.2 Å². The third-order valence-corrected chi connectivity index (χ3v) is 5.97. The molecule has 7 nitrogen and oxygen atoms in total. The summed E-state index contributed by atoms with van der Waals surface area (Å²) in [6.45, 7) is 2.41. The standard InChI is InChI=1S/C26H19BrClFN2O5/c1-2-35-22-13-16(12-21(27)23(22)36-14-15-3-5-17(28)6-4-15)11-20-24(32)30-26(34)31(25(20)33)19-9-7-18(29)8-10-19/h3-13H,2,14H2,1H3,(H,30,32,34)/b20-11+. The number of carbonyl (C=O) groups excluding carboxylic acids is 3. The second-order valence-corrected chi connectivity index (χ2v) is 8.90. The largest absolute Gasteiger partial charge is 0.490 e. The number of nitrogens with zero attached hydrogens (tertiary/aromatic N) is 1. The van der Waals surface area contributed by atoms with Crippen LogP contribution < -0.4 is 19.7 Å². The van der Waals surface area contributed by atoms with Crippen molar-refractivity contribution >= 4 is 57.1 Å². The van der Waals surface area contributed by atoms with Crippen molar-refractivity contribution in [1.29, 1.82) is 0 Å². The molecule has 4 amide bonds. The lowest BCUT2D eigenvalue weighted by Crippen LogP contribution is -2.54. The fourth-order valence-corrected chi connectivity index (χ4v) is 4.16. The third-order valence-electron chi connectivity index (χ3n) is 5.13. The lowest BCUT2D eigenvalue weighted by Gasteiger charge is -2.26. The van der Waals surface area contributed by atoms with E-state index in [0.29, 0.717) is 33.2 Å². The Morgan fingerprint density at radius 1 is 1.03 bits per heavy atom. The first-order valence-corrected chi connectivity index (χ1v) is 11.9. The topological polar surface area (TPSA) is 84.9 Å². The maximum Gasteiger partial charge on any atom is 0.335 e. The predicted molar refractivity (Wildman–Crippen MR) is 136 cm³/mol. The average Bonchev–Trinajstić information content (AvgIpc) is 2.83. The number of halogens is 3. The molecule has 184 valence electrons.